The first-order valence-electron chi connectivity index (χ1n) is 39.0. The van der Waals surface area contributed by atoms with Gasteiger partial charge in [0.15, 0.2) is 0 Å². The van der Waals surface area contributed by atoms with Crippen LogP contribution in [0.4, 0.5) is 0 Å². The molecule has 35 heteroatoms. The smallest absolute Gasteiger partial charge is 0.217 e. The Labute approximate surface area is 641 Å². The first-order valence-corrected chi connectivity index (χ1v) is 40.3. The zero-order valence-electron chi connectivity index (χ0n) is 65.5. The molecule has 0 atom stereocenters. The maximum absolute atomic E-state index is 10.3. The molecule has 0 aliphatic heterocycles. The molecule has 0 saturated carbocycles. The summed E-state index contributed by atoms with van der Waals surface area (Å²) in [7, 11) is -4.69. The summed E-state index contributed by atoms with van der Waals surface area (Å²) in [5.41, 5.74) is 0. The Bertz CT molecular complexity index is 1680. The van der Waals surface area contributed by atoms with Crippen molar-refractivity contribution in [1.29, 1.82) is 0 Å². The van der Waals surface area contributed by atoms with Gasteiger partial charge in [-0.05, 0) is 6.42 Å². The van der Waals surface area contributed by atoms with E-state index in [1.165, 1.54) is 57.8 Å². The average Bonchev–Trinajstić information content (AvgIpc) is 1.29. The molecule has 0 radical (unpaired) electrons. The predicted octanol–water partition coefficient (Wildman–Crippen LogP) is 3.88. The third-order valence-electron chi connectivity index (χ3n) is 13.9. The second-order valence-corrected chi connectivity index (χ2v) is 23.8. The van der Waals surface area contributed by atoms with Gasteiger partial charge in [0.25, 0.3) is 0 Å². The van der Waals surface area contributed by atoms with Gasteiger partial charge in [0.05, 0.1) is 396 Å². The van der Waals surface area contributed by atoms with E-state index in [1.54, 1.807) is 0 Å². The van der Waals surface area contributed by atoms with Gasteiger partial charge in [0.2, 0.25) is 10.4 Å². The van der Waals surface area contributed by atoms with Crippen LogP contribution in [0.1, 0.15) is 71.1 Å². The summed E-state index contributed by atoms with van der Waals surface area (Å²) < 4.78 is 200. The lowest BCUT2D eigenvalue weighted by Gasteiger charge is -2.09. The van der Waals surface area contributed by atoms with Crippen LogP contribution < -0.4 is 0 Å². The molecular weight excluding hydrogens is 1440 g/mol. The van der Waals surface area contributed by atoms with Gasteiger partial charge in [0, 0.05) is 6.61 Å². The van der Waals surface area contributed by atoms with Crippen LogP contribution >= 0.6 is 0 Å². The first-order chi connectivity index (χ1) is 53.1. The summed E-state index contributed by atoms with van der Waals surface area (Å²) in [6.07, 6.45) is 13.3. The lowest BCUT2D eigenvalue weighted by atomic mass is 10.1. The summed E-state index contributed by atoms with van der Waals surface area (Å²) in [6, 6.07) is 0. The van der Waals surface area contributed by atoms with E-state index in [1.807, 2.05) is 0 Å². The molecule has 0 saturated heterocycles. The molecule has 0 aromatic heterocycles. The summed E-state index contributed by atoms with van der Waals surface area (Å²) >= 11 is 0. The Morgan fingerprint density at radius 1 is 0.140 bits per heavy atom. The highest BCUT2D eigenvalue weighted by atomic mass is 32.3. The van der Waals surface area contributed by atoms with Crippen LogP contribution in [0.3, 0.4) is 0 Å². The van der Waals surface area contributed by atoms with Gasteiger partial charge in [-0.2, -0.15) is 0 Å². The topological polar surface area (TPSA) is 343 Å². The third-order valence-corrected chi connectivity index (χ3v) is 14.3. The third kappa shape index (κ3) is 105. The highest BCUT2D eigenvalue weighted by molar-refractivity contribution is 7.80. The van der Waals surface area contributed by atoms with Crippen molar-refractivity contribution in [2.75, 3.05) is 403 Å². The van der Waals surface area contributed by atoms with E-state index < -0.39 is 10.4 Å². The normalized spacial score (nSPS) is 12.0. The van der Waals surface area contributed by atoms with Crippen molar-refractivity contribution >= 4 is 10.4 Å². The lowest BCUT2D eigenvalue weighted by molar-refractivity contribution is -0.0325. The van der Waals surface area contributed by atoms with Crippen LogP contribution in [0.5, 0.6) is 0 Å². The molecule has 34 nitrogen and oxygen atoms in total. The molecule has 107 heavy (non-hydrogen) atoms. The second kappa shape index (κ2) is 98.9. The van der Waals surface area contributed by atoms with Crippen LogP contribution in [0.2, 0.25) is 0 Å². The molecule has 0 amide bonds. The van der Waals surface area contributed by atoms with Crippen molar-refractivity contribution in [1.82, 2.24) is 0 Å². The second-order valence-electron chi connectivity index (χ2n) is 22.8. The van der Waals surface area contributed by atoms with Gasteiger partial charge in [0.1, 0.15) is 0 Å². The van der Waals surface area contributed by atoms with Crippen molar-refractivity contribution in [2.45, 2.75) is 71.1 Å². The van der Waals surface area contributed by atoms with Gasteiger partial charge in [-0.3, -0.25) is 4.18 Å². The maximum atomic E-state index is 10.3. The van der Waals surface area contributed by atoms with E-state index in [9.17, 15) is 13.0 Å². The van der Waals surface area contributed by atoms with Crippen molar-refractivity contribution < 1.29 is 159 Å². The number of rotatable bonds is 102. The largest absolute Gasteiger partial charge is 0.726 e. The molecule has 0 aliphatic rings. The van der Waals surface area contributed by atoms with Crippen LogP contribution in [0.25, 0.3) is 0 Å². The number of hydrogen-bond acceptors (Lipinski definition) is 34. The Hall–Kier alpha value is -1.33. The van der Waals surface area contributed by atoms with Crippen molar-refractivity contribution in [3.8, 4) is 0 Å². The zero-order valence-corrected chi connectivity index (χ0v) is 66.3. The average molecular weight is 1590 g/mol. The highest BCUT2D eigenvalue weighted by Crippen LogP contribution is 2.10. The zero-order chi connectivity index (χ0) is 76.6. The molecule has 0 aliphatic carbocycles. The molecule has 0 aromatic carbocycles. The fraction of sp³-hybridized carbons (Fsp3) is 1.00. The molecular formula is C72H145O34S-. The van der Waals surface area contributed by atoms with Crippen molar-refractivity contribution in [3.05, 3.63) is 0 Å². The minimum atomic E-state index is -4.69. The molecule has 0 fully saturated rings. The van der Waals surface area contributed by atoms with Gasteiger partial charge in [-0.15, -0.1) is 0 Å². The number of hydrogen-bond donors (Lipinski definition) is 0. The minimum Gasteiger partial charge on any atom is -0.726 e. The van der Waals surface area contributed by atoms with Gasteiger partial charge in [-0.25, -0.2) is 8.42 Å². The fourth-order valence-corrected chi connectivity index (χ4v) is 8.64. The SMILES string of the molecule is CCCCCCCCCCCCOCCOCCOCCOCCOCCOCCOCCOCCOCCOCCOCCOCCOCCOCCOCCOCCOCCOCCOCCOCCOCCOCCOCCOCCOCCOCCOCCOCCOCCOCCOS(=O)(=O)[O-]. The quantitative estimate of drug-likeness (QED) is 0.0473. The molecule has 0 N–H and O–H groups in total. The number of unbranched alkanes of at least 4 members (excludes halogenated alkanes) is 9. The lowest BCUT2D eigenvalue weighted by Crippen LogP contribution is -2.16. The standard InChI is InChI=1S/C72H146O34S/c1-2-3-4-5-6-7-8-9-10-11-12-76-13-14-77-15-16-78-17-18-79-19-20-80-21-22-81-23-24-82-25-26-83-27-28-84-29-30-85-31-32-86-33-34-87-35-36-88-37-38-89-39-40-90-41-42-91-43-44-92-45-46-93-47-48-94-49-50-95-51-52-96-53-54-97-55-56-98-57-58-99-59-60-100-61-62-101-63-64-102-65-66-103-67-68-104-69-70-105-71-72-106-107(73,74)75/h2-72H2,1H3,(H,73,74,75)/p-1. The fourth-order valence-electron chi connectivity index (χ4n) is 8.37. The molecule has 0 rings (SSSR count). The monoisotopic (exact) mass is 1590 g/mol. The van der Waals surface area contributed by atoms with Crippen molar-refractivity contribution in [2.24, 2.45) is 0 Å². The van der Waals surface area contributed by atoms with Crippen LogP contribution in [-0.2, 0) is 157 Å². The molecule has 644 valence electrons. The highest BCUT2D eigenvalue weighted by Gasteiger charge is 2.04. The molecule has 0 bridgehead atoms. The summed E-state index contributed by atoms with van der Waals surface area (Å²) in [5.74, 6) is 0. The van der Waals surface area contributed by atoms with E-state index >= 15 is 0 Å². The first kappa shape index (κ1) is 106. The van der Waals surface area contributed by atoms with E-state index in [-0.39, 0.29) is 19.8 Å². The molecule has 0 spiro atoms. The Balaban J connectivity index is 3.10. The van der Waals surface area contributed by atoms with E-state index in [0.717, 1.165) is 13.0 Å². The summed E-state index contributed by atoms with van der Waals surface area (Å²) in [5, 5.41) is 0. The Morgan fingerprint density at radius 3 is 0.346 bits per heavy atom. The van der Waals surface area contributed by atoms with E-state index in [4.69, 9.17) is 142 Å². The van der Waals surface area contributed by atoms with Gasteiger partial charge >= 0.3 is 0 Å². The Kier molecular flexibility index (Phi) is 97.6. The van der Waals surface area contributed by atoms with E-state index in [0.29, 0.717) is 377 Å². The van der Waals surface area contributed by atoms with Crippen molar-refractivity contribution in [3.63, 3.8) is 0 Å². The van der Waals surface area contributed by atoms with Gasteiger partial charge < -0.3 is 147 Å². The maximum Gasteiger partial charge on any atom is 0.217 e. The minimum absolute atomic E-state index is 0.0193. The predicted molar refractivity (Wildman–Crippen MR) is 392 cm³/mol. The van der Waals surface area contributed by atoms with Crippen LogP contribution in [0, 0.1) is 0 Å². The number of ether oxygens (including phenoxy) is 30. The van der Waals surface area contributed by atoms with Crippen LogP contribution in [0.15, 0.2) is 0 Å². The van der Waals surface area contributed by atoms with Gasteiger partial charge in [-0.1, -0.05) is 64.7 Å². The summed E-state index contributed by atoms with van der Waals surface area (Å²) in [4.78, 5) is 0. The van der Waals surface area contributed by atoms with Crippen LogP contribution in [-0.4, -0.2) is 416 Å². The molecule has 0 heterocycles. The Morgan fingerprint density at radius 2 is 0.234 bits per heavy atom. The molecule has 0 unspecified atom stereocenters. The summed E-state index contributed by atoms with van der Waals surface area (Å²) in [6.45, 7) is 30.2. The van der Waals surface area contributed by atoms with E-state index in [2.05, 4.69) is 11.1 Å². The molecule has 0 aromatic rings.